The molecule has 0 amide bonds. The van der Waals surface area contributed by atoms with Crippen molar-refractivity contribution in [1.29, 1.82) is 0 Å². The van der Waals surface area contributed by atoms with Crippen molar-refractivity contribution in [1.82, 2.24) is 9.71 Å². The van der Waals surface area contributed by atoms with Gasteiger partial charge in [0, 0.05) is 18.1 Å². The molecule has 19 heavy (non-hydrogen) atoms. The van der Waals surface area contributed by atoms with Crippen LogP contribution in [0.5, 0.6) is 0 Å². The molecule has 0 aliphatic heterocycles. The second-order valence-electron chi connectivity index (χ2n) is 4.32. The Hall–Kier alpha value is -1.72. The Morgan fingerprint density at radius 1 is 1.42 bits per heavy atom. The maximum Gasteiger partial charge on any atom is 0.242 e. The molecule has 0 spiro atoms. The number of benzene rings is 1. The van der Waals surface area contributed by atoms with Gasteiger partial charge in [-0.15, -0.1) is 6.58 Å². The number of nitrogens with one attached hydrogen (secondary N) is 1. The van der Waals surface area contributed by atoms with Crippen molar-refractivity contribution in [3.63, 3.8) is 0 Å². The second kappa shape index (κ2) is 5.50. The minimum Gasteiger partial charge on any atom is -0.255 e. The summed E-state index contributed by atoms with van der Waals surface area (Å²) in [6.07, 6.45) is 3.94. The number of para-hydroxylation sites is 1. The Balaban J connectivity index is 2.47. The van der Waals surface area contributed by atoms with Crippen LogP contribution in [0.3, 0.4) is 0 Å². The zero-order chi connectivity index (χ0) is 13.9. The highest BCUT2D eigenvalue weighted by atomic mass is 32.2. The van der Waals surface area contributed by atoms with Crippen LogP contribution in [-0.4, -0.2) is 19.9 Å². The number of nitrogens with zero attached hydrogens (tertiary/aromatic N) is 1. The quantitative estimate of drug-likeness (QED) is 0.674. The van der Waals surface area contributed by atoms with E-state index in [-0.39, 0.29) is 4.90 Å². The molecule has 2 aromatic rings. The third-order valence-electron chi connectivity index (χ3n) is 2.74. The normalized spacial score (nSPS) is 11.6. The van der Waals surface area contributed by atoms with Gasteiger partial charge in [0.15, 0.2) is 0 Å². The maximum atomic E-state index is 12.2. The minimum absolute atomic E-state index is 0.217. The van der Waals surface area contributed by atoms with Crippen molar-refractivity contribution in [2.75, 3.05) is 6.54 Å². The van der Waals surface area contributed by atoms with Crippen molar-refractivity contribution >= 4 is 20.9 Å². The Morgan fingerprint density at radius 2 is 2.21 bits per heavy atom. The van der Waals surface area contributed by atoms with E-state index in [0.29, 0.717) is 18.5 Å². The smallest absolute Gasteiger partial charge is 0.242 e. The molecule has 0 aliphatic rings. The van der Waals surface area contributed by atoms with Gasteiger partial charge in [0.25, 0.3) is 0 Å². The van der Waals surface area contributed by atoms with Crippen LogP contribution in [0.15, 0.2) is 48.0 Å². The number of rotatable bonds is 5. The molecular weight excluding hydrogens is 260 g/mol. The summed E-state index contributed by atoms with van der Waals surface area (Å²) in [4.78, 5) is 4.45. The fourth-order valence-corrected chi connectivity index (χ4v) is 3.06. The number of aromatic nitrogens is 1. The first-order valence-electron chi connectivity index (χ1n) is 6.00. The number of hydrogen-bond acceptors (Lipinski definition) is 3. The minimum atomic E-state index is -3.53. The Bertz CT molecular complexity index is 708. The van der Waals surface area contributed by atoms with Gasteiger partial charge in [0.1, 0.15) is 4.90 Å². The van der Waals surface area contributed by atoms with Gasteiger partial charge < -0.3 is 0 Å². The van der Waals surface area contributed by atoms with Gasteiger partial charge in [-0.3, -0.25) is 4.98 Å². The van der Waals surface area contributed by atoms with Crippen LogP contribution >= 0.6 is 0 Å². The summed E-state index contributed by atoms with van der Waals surface area (Å²) >= 11 is 0. The topological polar surface area (TPSA) is 59.1 Å². The van der Waals surface area contributed by atoms with Gasteiger partial charge in [-0.05, 0) is 31.0 Å². The van der Waals surface area contributed by atoms with E-state index >= 15 is 0 Å². The summed E-state index contributed by atoms with van der Waals surface area (Å²) in [6.45, 7) is 5.83. The van der Waals surface area contributed by atoms with Gasteiger partial charge in [0.2, 0.25) is 10.0 Å². The van der Waals surface area contributed by atoms with E-state index < -0.39 is 10.0 Å². The number of aryl methyl sites for hydroxylation is 1. The highest BCUT2D eigenvalue weighted by Gasteiger charge is 2.17. The molecule has 0 bridgehead atoms. The number of sulfonamides is 1. The fourth-order valence-electron chi connectivity index (χ4n) is 1.83. The molecule has 1 aromatic heterocycles. The average Bonchev–Trinajstić information content (AvgIpc) is 2.37. The third-order valence-corrected chi connectivity index (χ3v) is 4.23. The van der Waals surface area contributed by atoms with E-state index in [2.05, 4.69) is 16.3 Å². The van der Waals surface area contributed by atoms with Gasteiger partial charge in [-0.25, -0.2) is 13.1 Å². The maximum absolute atomic E-state index is 12.2. The van der Waals surface area contributed by atoms with Crippen LogP contribution in [0, 0.1) is 6.92 Å². The monoisotopic (exact) mass is 276 g/mol. The predicted octanol–water partition coefficient (Wildman–Crippen LogP) is 2.40. The highest BCUT2D eigenvalue weighted by molar-refractivity contribution is 7.89. The molecule has 0 radical (unpaired) electrons. The lowest BCUT2D eigenvalue weighted by molar-refractivity contribution is 0.583. The van der Waals surface area contributed by atoms with Crippen LogP contribution in [0.4, 0.5) is 0 Å². The first-order chi connectivity index (χ1) is 9.04. The van der Waals surface area contributed by atoms with Crippen LogP contribution < -0.4 is 4.72 Å². The molecule has 1 heterocycles. The number of pyridine rings is 1. The molecule has 0 saturated carbocycles. The zero-order valence-electron chi connectivity index (χ0n) is 10.8. The third kappa shape index (κ3) is 3.00. The number of hydrogen-bond donors (Lipinski definition) is 1. The molecule has 1 N–H and O–H groups in total. The molecule has 5 heteroatoms. The summed E-state index contributed by atoms with van der Waals surface area (Å²) < 4.78 is 27.0. The SMILES string of the molecule is C=CCCNS(=O)(=O)c1cccc2cc(C)cnc12. The zero-order valence-corrected chi connectivity index (χ0v) is 11.6. The van der Waals surface area contributed by atoms with Gasteiger partial charge >= 0.3 is 0 Å². The van der Waals surface area contributed by atoms with Crippen molar-refractivity contribution in [2.24, 2.45) is 0 Å². The lowest BCUT2D eigenvalue weighted by Crippen LogP contribution is -2.24. The van der Waals surface area contributed by atoms with Crippen molar-refractivity contribution in [3.8, 4) is 0 Å². The molecule has 4 nitrogen and oxygen atoms in total. The molecule has 0 unspecified atom stereocenters. The number of fused-ring (bicyclic) bond motifs is 1. The highest BCUT2D eigenvalue weighted by Crippen LogP contribution is 2.21. The second-order valence-corrected chi connectivity index (χ2v) is 6.05. The molecule has 0 aliphatic carbocycles. The van der Waals surface area contributed by atoms with Gasteiger partial charge in [-0.1, -0.05) is 18.2 Å². The Labute approximate surface area is 113 Å². The van der Waals surface area contributed by atoms with Crippen molar-refractivity contribution in [3.05, 3.63) is 48.7 Å². The van der Waals surface area contributed by atoms with E-state index in [0.717, 1.165) is 10.9 Å². The summed E-state index contributed by atoms with van der Waals surface area (Å²) in [6, 6.07) is 7.08. The fraction of sp³-hybridized carbons (Fsp3) is 0.214. The standard InChI is InChI=1S/C14H16N2O2S/c1-3-4-8-16-19(17,18)13-7-5-6-12-9-11(2)10-15-14(12)13/h3,5-7,9-10,16H,1,4,8H2,2H3. The molecule has 0 atom stereocenters. The van der Waals surface area contributed by atoms with Crippen LogP contribution in [-0.2, 0) is 10.0 Å². The van der Waals surface area contributed by atoms with E-state index in [1.807, 2.05) is 19.1 Å². The predicted molar refractivity (Wildman–Crippen MR) is 76.5 cm³/mol. The molecule has 2 rings (SSSR count). The van der Waals surface area contributed by atoms with E-state index in [4.69, 9.17) is 0 Å². The van der Waals surface area contributed by atoms with E-state index in [1.54, 1.807) is 24.4 Å². The molecular formula is C14H16N2O2S. The molecule has 1 aromatic carbocycles. The largest absolute Gasteiger partial charge is 0.255 e. The van der Waals surface area contributed by atoms with E-state index in [9.17, 15) is 8.42 Å². The van der Waals surface area contributed by atoms with Crippen molar-refractivity contribution < 1.29 is 8.42 Å². The lowest BCUT2D eigenvalue weighted by atomic mass is 10.2. The lowest BCUT2D eigenvalue weighted by Gasteiger charge is -2.08. The van der Waals surface area contributed by atoms with Crippen LogP contribution in [0.1, 0.15) is 12.0 Å². The van der Waals surface area contributed by atoms with Gasteiger partial charge in [0.05, 0.1) is 5.52 Å². The van der Waals surface area contributed by atoms with E-state index in [1.165, 1.54) is 0 Å². The Morgan fingerprint density at radius 3 is 2.95 bits per heavy atom. The summed E-state index contributed by atoms with van der Waals surface area (Å²) in [5.74, 6) is 0. The van der Waals surface area contributed by atoms with Crippen LogP contribution in [0.2, 0.25) is 0 Å². The van der Waals surface area contributed by atoms with Gasteiger partial charge in [-0.2, -0.15) is 0 Å². The van der Waals surface area contributed by atoms with Crippen molar-refractivity contribution in [2.45, 2.75) is 18.2 Å². The first-order valence-corrected chi connectivity index (χ1v) is 7.49. The Kier molecular flexibility index (Phi) is 3.97. The first kappa shape index (κ1) is 13.7. The molecule has 0 fully saturated rings. The summed E-state index contributed by atoms with van der Waals surface area (Å²) in [5, 5.41) is 0.826. The summed E-state index contributed by atoms with van der Waals surface area (Å²) in [5.41, 5.74) is 1.50. The molecule has 100 valence electrons. The summed E-state index contributed by atoms with van der Waals surface area (Å²) in [7, 11) is -3.53. The average molecular weight is 276 g/mol. The molecule has 0 saturated heterocycles. The van der Waals surface area contributed by atoms with Crippen LogP contribution in [0.25, 0.3) is 10.9 Å².